The number of hydrogen-bond acceptors (Lipinski definition) is 6. The van der Waals surface area contributed by atoms with Gasteiger partial charge in [0.2, 0.25) is 0 Å². The minimum Gasteiger partial charge on any atom is -0.480 e. The number of benzene rings is 1. The standard InChI is InChI=1S/C15H14BrN5O2S/c1-8(14(22)23)24-15-20-11-12(17)18-7-19-13(11)21(15)6-9-2-4-10(16)5-3-9/h2-5,7-8H,6H2,1H3,(H,22,23)(H2,17,18,19). The van der Waals surface area contributed by atoms with E-state index in [1.807, 2.05) is 28.8 Å². The molecule has 0 aliphatic heterocycles. The molecule has 1 atom stereocenters. The zero-order chi connectivity index (χ0) is 17.3. The summed E-state index contributed by atoms with van der Waals surface area (Å²) in [5.74, 6) is -0.624. The lowest BCUT2D eigenvalue weighted by molar-refractivity contribution is -0.136. The van der Waals surface area contributed by atoms with Gasteiger partial charge in [0.25, 0.3) is 0 Å². The van der Waals surface area contributed by atoms with Crippen molar-refractivity contribution >= 4 is 50.6 Å². The van der Waals surface area contributed by atoms with Gasteiger partial charge >= 0.3 is 5.97 Å². The predicted octanol–water partition coefficient (Wildman–Crippen LogP) is 2.78. The van der Waals surface area contributed by atoms with E-state index >= 15 is 0 Å². The number of carboxylic acid groups (broad SMARTS) is 1. The van der Waals surface area contributed by atoms with Crippen LogP contribution in [-0.4, -0.2) is 35.8 Å². The van der Waals surface area contributed by atoms with E-state index in [9.17, 15) is 4.79 Å². The average molecular weight is 408 g/mol. The van der Waals surface area contributed by atoms with Crippen molar-refractivity contribution in [3.8, 4) is 0 Å². The molecule has 3 aromatic rings. The van der Waals surface area contributed by atoms with E-state index in [1.165, 1.54) is 6.33 Å². The molecule has 2 heterocycles. The molecule has 7 nitrogen and oxygen atoms in total. The van der Waals surface area contributed by atoms with Crippen molar-refractivity contribution in [3.63, 3.8) is 0 Å². The van der Waals surface area contributed by atoms with Crippen LogP contribution in [0.4, 0.5) is 5.82 Å². The molecule has 0 aliphatic rings. The molecule has 0 spiro atoms. The van der Waals surface area contributed by atoms with Gasteiger partial charge in [0, 0.05) is 4.47 Å². The lowest BCUT2D eigenvalue weighted by atomic mass is 10.2. The Morgan fingerprint density at radius 3 is 2.75 bits per heavy atom. The van der Waals surface area contributed by atoms with Gasteiger partial charge < -0.3 is 10.8 Å². The highest BCUT2D eigenvalue weighted by Crippen LogP contribution is 2.29. The Kier molecular flexibility index (Phi) is 4.72. The summed E-state index contributed by atoms with van der Waals surface area (Å²) in [6.07, 6.45) is 1.38. The molecule has 124 valence electrons. The summed E-state index contributed by atoms with van der Waals surface area (Å²) in [6.45, 7) is 2.13. The van der Waals surface area contributed by atoms with Gasteiger partial charge in [0.15, 0.2) is 22.1 Å². The zero-order valence-electron chi connectivity index (χ0n) is 12.7. The van der Waals surface area contributed by atoms with Crippen LogP contribution in [0.3, 0.4) is 0 Å². The van der Waals surface area contributed by atoms with Gasteiger partial charge in [0.1, 0.15) is 11.6 Å². The molecule has 1 unspecified atom stereocenters. The molecule has 0 amide bonds. The molecule has 3 N–H and O–H groups in total. The first-order chi connectivity index (χ1) is 11.5. The molecule has 2 aromatic heterocycles. The third kappa shape index (κ3) is 3.36. The highest BCUT2D eigenvalue weighted by molar-refractivity contribution is 9.10. The van der Waals surface area contributed by atoms with Crippen molar-refractivity contribution < 1.29 is 9.90 Å². The van der Waals surface area contributed by atoms with Crippen LogP contribution in [0.15, 0.2) is 40.2 Å². The lowest BCUT2D eigenvalue weighted by Crippen LogP contribution is -2.13. The van der Waals surface area contributed by atoms with Gasteiger partial charge in [-0.3, -0.25) is 9.36 Å². The Morgan fingerprint density at radius 1 is 1.38 bits per heavy atom. The fourth-order valence-electron chi connectivity index (χ4n) is 2.15. The van der Waals surface area contributed by atoms with Crippen LogP contribution in [0.1, 0.15) is 12.5 Å². The van der Waals surface area contributed by atoms with Crippen LogP contribution >= 0.6 is 27.7 Å². The van der Waals surface area contributed by atoms with E-state index < -0.39 is 11.2 Å². The van der Waals surface area contributed by atoms with Crippen molar-refractivity contribution in [1.29, 1.82) is 0 Å². The molecule has 9 heteroatoms. The molecule has 3 rings (SSSR count). The van der Waals surface area contributed by atoms with Crippen LogP contribution in [-0.2, 0) is 11.3 Å². The number of fused-ring (bicyclic) bond motifs is 1. The zero-order valence-corrected chi connectivity index (χ0v) is 15.1. The summed E-state index contributed by atoms with van der Waals surface area (Å²) in [6, 6.07) is 7.86. The largest absolute Gasteiger partial charge is 0.480 e. The van der Waals surface area contributed by atoms with Gasteiger partial charge in [-0.15, -0.1) is 0 Å². The van der Waals surface area contributed by atoms with Gasteiger partial charge in [-0.1, -0.05) is 39.8 Å². The summed E-state index contributed by atoms with van der Waals surface area (Å²) in [7, 11) is 0. The number of aromatic nitrogens is 4. The van der Waals surface area contributed by atoms with Crippen molar-refractivity contribution in [2.45, 2.75) is 23.9 Å². The predicted molar refractivity (Wildman–Crippen MR) is 95.9 cm³/mol. The number of nitrogens with two attached hydrogens (primary N) is 1. The van der Waals surface area contributed by atoms with Gasteiger partial charge in [-0.2, -0.15) is 0 Å². The number of carboxylic acids is 1. The van der Waals surface area contributed by atoms with E-state index in [1.54, 1.807) is 6.92 Å². The lowest BCUT2D eigenvalue weighted by Gasteiger charge is -2.10. The summed E-state index contributed by atoms with van der Waals surface area (Å²) in [5.41, 5.74) is 7.99. The van der Waals surface area contributed by atoms with Crippen LogP contribution in [0.5, 0.6) is 0 Å². The third-order valence-corrected chi connectivity index (χ3v) is 5.02. The van der Waals surface area contributed by atoms with E-state index in [2.05, 4.69) is 30.9 Å². The molecule has 0 aliphatic carbocycles. The molecule has 0 bridgehead atoms. The van der Waals surface area contributed by atoms with E-state index in [0.717, 1.165) is 21.8 Å². The number of anilines is 1. The summed E-state index contributed by atoms with van der Waals surface area (Å²) in [4.78, 5) is 23.9. The number of rotatable bonds is 5. The summed E-state index contributed by atoms with van der Waals surface area (Å²) < 4.78 is 2.85. The highest BCUT2D eigenvalue weighted by atomic mass is 79.9. The maximum absolute atomic E-state index is 11.2. The smallest absolute Gasteiger partial charge is 0.316 e. The quantitative estimate of drug-likeness (QED) is 0.625. The van der Waals surface area contributed by atoms with Crippen molar-refractivity contribution in [2.75, 3.05) is 5.73 Å². The highest BCUT2D eigenvalue weighted by Gasteiger charge is 2.20. The SMILES string of the molecule is CC(Sc1nc2c(N)ncnc2n1Cc1ccc(Br)cc1)C(=O)O. The van der Waals surface area contributed by atoms with Crippen molar-refractivity contribution in [1.82, 2.24) is 19.5 Å². The number of halogens is 1. The Hall–Kier alpha value is -2.13. The maximum Gasteiger partial charge on any atom is 0.316 e. The number of imidazole rings is 1. The minimum absolute atomic E-state index is 0.277. The minimum atomic E-state index is -0.902. The number of carbonyl (C=O) groups is 1. The second-order valence-corrected chi connectivity index (χ2v) is 7.36. The number of nitrogens with zero attached hydrogens (tertiary/aromatic N) is 4. The van der Waals surface area contributed by atoms with E-state index in [0.29, 0.717) is 22.9 Å². The van der Waals surface area contributed by atoms with E-state index in [-0.39, 0.29) is 5.82 Å². The number of hydrogen-bond donors (Lipinski definition) is 2. The average Bonchev–Trinajstić information content (AvgIpc) is 2.89. The second-order valence-electron chi connectivity index (χ2n) is 5.14. The van der Waals surface area contributed by atoms with Crippen molar-refractivity contribution in [2.24, 2.45) is 0 Å². The number of thioether (sulfide) groups is 1. The molecule has 0 radical (unpaired) electrons. The first kappa shape index (κ1) is 16.7. The molecular weight excluding hydrogens is 394 g/mol. The Labute approximate surface area is 150 Å². The number of nitrogen functional groups attached to an aromatic ring is 1. The van der Waals surface area contributed by atoms with Crippen LogP contribution < -0.4 is 5.73 Å². The Morgan fingerprint density at radius 2 is 2.08 bits per heavy atom. The first-order valence-corrected chi connectivity index (χ1v) is 8.73. The number of aliphatic carboxylic acids is 1. The second kappa shape index (κ2) is 6.78. The van der Waals surface area contributed by atoms with Gasteiger partial charge in [-0.25, -0.2) is 15.0 Å². The van der Waals surface area contributed by atoms with Crippen LogP contribution in [0.25, 0.3) is 11.2 Å². The van der Waals surface area contributed by atoms with E-state index in [4.69, 9.17) is 10.8 Å². The Balaban J connectivity index is 2.06. The molecule has 0 saturated carbocycles. The first-order valence-electron chi connectivity index (χ1n) is 7.06. The molecule has 0 saturated heterocycles. The van der Waals surface area contributed by atoms with Gasteiger partial charge in [0.05, 0.1) is 6.54 Å². The molecular formula is C15H14BrN5O2S. The van der Waals surface area contributed by atoms with Crippen LogP contribution in [0.2, 0.25) is 0 Å². The third-order valence-electron chi connectivity index (χ3n) is 3.41. The normalized spacial score (nSPS) is 12.4. The monoisotopic (exact) mass is 407 g/mol. The van der Waals surface area contributed by atoms with Crippen molar-refractivity contribution in [3.05, 3.63) is 40.6 Å². The maximum atomic E-state index is 11.2. The fraction of sp³-hybridized carbons (Fsp3) is 0.200. The summed E-state index contributed by atoms with van der Waals surface area (Å²) >= 11 is 4.57. The fourth-order valence-corrected chi connectivity index (χ4v) is 3.25. The molecule has 24 heavy (non-hydrogen) atoms. The topological polar surface area (TPSA) is 107 Å². The van der Waals surface area contributed by atoms with Crippen LogP contribution in [0, 0.1) is 0 Å². The van der Waals surface area contributed by atoms with Gasteiger partial charge in [-0.05, 0) is 24.6 Å². The Bertz CT molecular complexity index is 897. The summed E-state index contributed by atoms with van der Waals surface area (Å²) in [5, 5.41) is 9.08. The molecule has 1 aromatic carbocycles. The molecule has 0 fully saturated rings.